The topological polar surface area (TPSA) is 86.8 Å². The predicted molar refractivity (Wildman–Crippen MR) is 156 cm³/mol. The third kappa shape index (κ3) is 7.47. The number of nitrogens with zero attached hydrogens (tertiary/aromatic N) is 2. The van der Waals surface area contributed by atoms with E-state index in [9.17, 15) is 22.4 Å². The summed E-state index contributed by atoms with van der Waals surface area (Å²) in [6, 6.07) is 16.3. The van der Waals surface area contributed by atoms with E-state index < -0.39 is 34.3 Å². The van der Waals surface area contributed by atoms with Crippen molar-refractivity contribution in [2.24, 2.45) is 0 Å². The molecule has 2 amide bonds. The number of hydrogen-bond acceptors (Lipinski definition) is 4. The van der Waals surface area contributed by atoms with Gasteiger partial charge in [-0.1, -0.05) is 42.8 Å². The lowest BCUT2D eigenvalue weighted by molar-refractivity contribution is -0.140. The highest BCUT2D eigenvalue weighted by Crippen LogP contribution is 2.27. The highest BCUT2D eigenvalue weighted by molar-refractivity contribution is 7.92. The molecule has 3 aromatic rings. The summed E-state index contributed by atoms with van der Waals surface area (Å²) in [4.78, 5) is 28.6. The first-order valence-corrected chi connectivity index (χ1v) is 14.8. The molecule has 0 aliphatic rings. The molecule has 0 heterocycles. The molecule has 0 spiro atoms. The zero-order chi connectivity index (χ0) is 29.6. The van der Waals surface area contributed by atoms with Crippen LogP contribution in [0.25, 0.3) is 0 Å². The fourth-order valence-electron chi connectivity index (χ4n) is 4.33. The first-order chi connectivity index (χ1) is 18.8. The van der Waals surface area contributed by atoms with Crippen molar-refractivity contribution in [2.75, 3.05) is 10.8 Å². The minimum atomic E-state index is -4.14. The SMILES string of the molecule is CC[C@H](C(=O)NC(C)C)N(Cc1ccc(F)cc1)C(=O)CN(c1ccc(C)c(C)c1)S(=O)(=O)c1ccc(C)cc1. The molecule has 40 heavy (non-hydrogen) atoms. The Kier molecular flexibility index (Phi) is 10.1. The highest BCUT2D eigenvalue weighted by Gasteiger charge is 2.34. The Bertz CT molecular complexity index is 1440. The third-order valence-electron chi connectivity index (χ3n) is 6.75. The third-order valence-corrected chi connectivity index (χ3v) is 8.54. The van der Waals surface area contributed by atoms with Gasteiger partial charge in [0.2, 0.25) is 11.8 Å². The van der Waals surface area contributed by atoms with Crippen molar-refractivity contribution in [3.63, 3.8) is 0 Å². The minimum absolute atomic E-state index is 0.00841. The van der Waals surface area contributed by atoms with E-state index in [1.54, 1.807) is 43.3 Å². The van der Waals surface area contributed by atoms with Crippen molar-refractivity contribution in [2.45, 2.75) is 71.5 Å². The van der Waals surface area contributed by atoms with Crippen LogP contribution in [-0.4, -0.2) is 43.8 Å². The number of aryl methyl sites for hydroxylation is 3. The van der Waals surface area contributed by atoms with Crippen molar-refractivity contribution in [3.05, 3.63) is 94.8 Å². The molecule has 0 bridgehead atoms. The van der Waals surface area contributed by atoms with Gasteiger partial charge in [-0.2, -0.15) is 0 Å². The molecular weight excluding hydrogens is 529 g/mol. The number of carbonyl (C=O) groups excluding carboxylic acids is 2. The molecule has 0 aliphatic carbocycles. The summed E-state index contributed by atoms with van der Waals surface area (Å²) >= 11 is 0. The second-order valence-electron chi connectivity index (χ2n) is 10.3. The molecule has 0 aromatic heterocycles. The van der Waals surface area contributed by atoms with E-state index in [0.29, 0.717) is 17.7 Å². The zero-order valence-electron chi connectivity index (χ0n) is 23.9. The van der Waals surface area contributed by atoms with Crippen LogP contribution in [0.3, 0.4) is 0 Å². The van der Waals surface area contributed by atoms with Gasteiger partial charge in [-0.25, -0.2) is 12.8 Å². The monoisotopic (exact) mass is 567 g/mol. The van der Waals surface area contributed by atoms with Crippen LogP contribution >= 0.6 is 0 Å². The van der Waals surface area contributed by atoms with Crippen LogP contribution in [0.4, 0.5) is 10.1 Å². The molecule has 1 atom stereocenters. The molecule has 0 radical (unpaired) electrons. The van der Waals surface area contributed by atoms with Crippen LogP contribution in [0, 0.1) is 26.6 Å². The summed E-state index contributed by atoms with van der Waals surface area (Å²) in [5.74, 6) is -1.31. The van der Waals surface area contributed by atoms with E-state index in [2.05, 4.69) is 5.32 Å². The van der Waals surface area contributed by atoms with Crippen LogP contribution in [-0.2, 0) is 26.2 Å². The number of rotatable bonds is 11. The van der Waals surface area contributed by atoms with Crippen molar-refractivity contribution in [1.82, 2.24) is 10.2 Å². The molecule has 7 nitrogen and oxygen atoms in total. The number of amides is 2. The van der Waals surface area contributed by atoms with E-state index >= 15 is 0 Å². The Hall–Kier alpha value is -3.72. The van der Waals surface area contributed by atoms with Gasteiger partial charge in [0.25, 0.3) is 10.0 Å². The number of benzene rings is 3. The van der Waals surface area contributed by atoms with Gasteiger partial charge in [-0.3, -0.25) is 13.9 Å². The average Bonchev–Trinajstić information content (AvgIpc) is 2.89. The lowest BCUT2D eigenvalue weighted by Gasteiger charge is -2.33. The van der Waals surface area contributed by atoms with Crippen LogP contribution in [0.2, 0.25) is 0 Å². The lowest BCUT2D eigenvalue weighted by Crippen LogP contribution is -2.53. The van der Waals surface area contributed by atoms with Gasteiger partial charge < -0.3 is 10.2 Å². The predicted octanol–water partition coefficient (Wildman–Crippen LogP) is 5.28. The Labute approximate surface area is 237 Å². The summed E-state index contributed by atoms with van der Waals surface area (Å²) < 4.78 is 42.6. The molecule has 0 fully saturated rings. The van der Waals surface area contributed by atoms with Crippen LogP contribution in [0.5, 0.6) is 0 Å². The van der Waals surface area contributed by atoms with Gasteiger partial charge >= 0.3 is 0 Å². The summed E-state index contributed by atoms with van der Waals surface area (Å²) in [5, 5.41) is 2.86. The molecule has 3 aromatic carbocycles. The Morgan fingerprint density at radius 3 is 2.08 bits per heavy atom. The standard InChI is InChI=1S/C31H38FN3O4S/c1-7-29(31(37)33-21(2)3)34(19-25-11-13-26(32)14-12-25)30(36)20-35(27-15-10-23(5)24(6)18-27)40(38,39)28-16-8-22(4)9-17-28/h8-18,21,29H,7,19-20H2,1-6H3,(H,33,37)/t29-/m1/s1. The maximum atomic E-state index is 14.0. The summed E-state index contributed by atoms with van der Waals surface area (Å²) in [6.45, 7) is 10.6. The van der Waals surface area contributed by atoms with Gasteiger partial charge in [-0.05, 0) is 94.1 Å². The van der Waals surface area contributed by atoms with Crippen LogP contribution in [0.15, 0.2) is 71.6 Å². The number of carbonyl (C=O) groups is 2. The van der Waals surface area contributed by atoms with Crippen LogP contribution < -0.4 is 9.62 Å². The largest absolute Gasteiger partial charge is 0.352 e. The first kappa shape index (κ1) is 30.8. The van der Waals surface area contributed by atoms with E-state index in [1.807, 2.05) is 40.7 Å². The van der Waals surface area contributed by atoms with Gasteiger partial charge in [0.1, 0.15) is 18.4 Å². The Balaban J connectivity index is 2.08. The molecule has 3 rings (SSSR count). The van der Waals surface area contributed by atoms with Gasteiger partial charge in [0, 0.05) is 12.6 Å². The number of anilines is 1. The van der Waals surface area contributed by atoms with E-state index in [-0.39, 0.29) is 23.4 Å². The summed E-state index contributed by atoms with van der Waals surface area (Å²) in [7, 11) is -4.14. The van der Waals surface area contributed by atoms with E-state index in [4.69, 9.17) is 0 Å². The number of sulfonamides is 1. The number of halogens is 1. The summed E-state index contributed by atoms with van der Waals surface area (Å²) in [5.41, 5.74) is 3.72. The maximum Gasteiger partial charge on any atom is 0.264 e. The molecule has 1 N–H and O–H groups in total. The normalized spacial score (nSPS) is 12.2. The van der Waals surface area contributed by atoms with Crippen LogP contribution in [0.1, 0.15) is 49.4 Å². The zero-order valence-corrected chi connectivity index (χ0v) is 24.8. The Morgan fingerprint density at radius 2 is 1.52 bits per heavy atom. The van der Waals surface area contributed by atoms with Gasteiger partial charge in [0.15, 0.2) is 0 Å². The van der Waals surface area contributed by atoms with Crippen molar-refractivity contribution in [1.29, 1.82) is 0 Å². The maximum absolute atomic E-state index is 14.0. The molecular formula is C31H38FN3O4S. The van der Waals surface area contributed by atoms with Gasteiger partial charge in [-0.15, -0.1) is 0 Å². The quantitative estimate of drug-likeness (QED) is 0.342. The molecule has 0 aliphatic heterocycles. The number of nitrogens with one attached hydrogen (secondary N) is 1. The van der Waals surface area contributed by atoms with E-state index in [1.165, 1.54) is 29.2 Å². The van der Waals surface area contributed by atoms with Crippen molar-refractivity contribution >= 4 is 27.5 Å². The first-order valence-electron chi connectivity index (χ1n) is 13.3. The second kappa shape index (κ2) is 13.1. The second-order valence-corrected chi connectivity index (χ2v) is 12.2. The minimum Gasteiger partial charge on any atom is -0.352 e. The lowest BCUT2D eigenvalue weighted by atomic mass is 10.1. The molecule has 9 heteroatoms. The van der Waals surface area contributed by atoms with Crippen molar-refractivity contribution in [3.8, 4) is 0 Å². The molecule has 0 saturated heterocycles. The fraction of sp³-hybridized carbons (Fsp3) is 0.355. The van der Waals surface area contributed by atoms with E-state index in [0.717, 1.165) is 21.0 Å². The number of hydrogen-bond donors (Lipinski definition) is 1. The smallest absolute Gasteiger partial charge is 0.264 e. The molecule has 0 saturated carbocycles. The highest BCUT2D eigenvalue weighted by atomic mass is 32.2. The van der Waals surface area contributed by atoms with Crippen molar-refractivity contribution < 1.29 is 22.4 Å². The summed E-state index contributed by atoms with van der Waals surface area (Å²) in [6.07, 6.45) is 0.305. The average molecular weight is 568 g/mol. The molecule has 214 valence electrons. The Morgan fingerprint density at radius 1 is 0.900 bits per heavy atom. The molecule has 0 unspecified atom stereocenters. The van der Waals surface area contributed by atoms with Gasteiger partial charge in [0.05, 0.1) is 10.6 Å². The fourth-order valence-corrected chi connectivity index (χ4v) is 5.74.